The quantitative estimate of drug-likeness (QED) is 0.868. The van der Waals surface area contributed by atoms with Crippen LogP contribution in [-0.4, -0.2) is 30.7 Å². The van der Waals surface area contributed by atoms with Crippen LogP contribution in [0.4, 0.5) is 0 Å². The Morgan fingerprint density at radius 3 is 2.95 bits per heavy atom. The van der Waals surface area contributed by atoms with Crippen molar-refractivity contribution in [1.82, 2.24) is 4.90 Å². The molecule has 2 aromatic rings. The lowest BCUT2D eigenvalue weighted by Gasteiger charge is -2.40. The number of fused-ring (bicyclic) bond motifs is 2. The zero-order valence-corrected chi connectivity index (χ0v) is 13.4. The number of phenolic OH excluding ortho intramolecular Hbond substituents is 1. The number of rotatable bonds is 1. The van der Waals surface area contributed by atoms with E-state index in [0.717, 1.165) is 36.1 Å². The predicted molar refractivity (Wildman–Crippen MR) is 87.9 cm³/mol. The number of benzene rings is 2. The second-order valence-electron chi connectivity index (χ2n) is 6.09. The second-order valence-corrected chi connectivity index (χ2v) is 6.50. The SMILES string of the molecule is COc1cc(Cl)c2c(c1O)-c1cccc3c1C(C2)N(C)CC3. The summed E-state index contributed by atoms with van der Waals surface area (Å²) in [6.07, 6.45) is 1.87. The van der Waals surface area contributed by atoms with Gasteiger partial charge in [-0.15, -0.1) is 0 Å². The molecule has 4 heteroatoms. The predicted octanol–water partition coefficient (Wildman–Crippen LogP) is 3.81. The van der Waals surface area contributed by atoms with Crippen LogP contribution in [0.3, 0.4) is 0 Å². The molecule has 0 amide bonds. The largest absolute Gasteiger partial charge is 0.504 e. The van der Waals surface area contributed by atoms with E-state index in [0.29, 0.717) is 16.8 Å². The Balaban J connectivity index is 2.06. The fraction of sp³-hybridized carbons (Fsp3) is 0.333. The van der Waals surface area contributed by atoms with Crippen LogP contribution in [0.2, 0.25) is 5.02 Å². The highest BCUT2D eigenvalue weighted by molar-refractivity contribution is 6.32. The minimum Gasteiger partial charge on any atom is -0.504 e. The van der Waals surface area contributed by atoms with Crippen molar-refractivity contribution in [2.75, 3.05) is 20.7 Å². The molecule has 0 radical (unpaired) electrons. The summed E-state index contributed by atoms with van der Waals surface area (Å²) < 4.78 is 5.28. The molecule has 0 bridgehead atoms. The molecule has 2 aliphatic rings. The van der Waals surface area contributed by atoms with Gasteiger partial charge in [0.05, 0.1) is 7.11 Å². The highest BCUT2D eigenvalue weighted by atomic mass is 35.5. The summed E-state index contributed by atoms with van der Waals surface area (Å²) in [4.78, 5) is 2.38. The minimum atomic E-state index is 0.196. The lowest BCUT2D eigenvalue weighted by atomic mass is 9.77. The maximum absolute atomic E-state index is 10.6. The molecule has 114 valence electrons. The third-order valence-corrected chi connectivity index (χ3v) is 5.34. The van der Waals surface area contributed by atoms with Gasteiger partial charge in [-0.3, -0.25) is 4.90 Å². The maximum Gasteiger partial charge on any atom is 0.166 e. The Morgan fingerprint density at radius 2 is 2.18 bits per heavy atom. The van der Waals surface area contributed by atoms with Crippen LogP contribution < -0.4 is 4.74 Å². The number of ether oxygens (including phenoxy) is 1. The molecule has 22 heavy (non-hydrogen) atoms. The third-order valence-electron chi connectivity index (χ3n) is 5.00. The van der Waals surface area contributed by atoms with E-state index < -0.39 is 0 Å². The normalized spacial score (nSPS) is 19.5. The molecule has 2 aromatic carbocycles. The fourth-order valence-electron chi connectivity index (χ4n) is 3.87. The van der Waals surface area contributed by atoms with Gasteiger partial charge in [-0.25, -0.2) is 0 Å². The standard InChI is InChI=1S/C18H18ClNO2/c1-20-7-6-10-4-3-5-11-16(10)14(20)8-12-13(19)9-15(22-2)18(21)17(11)12/h3-5,9,14,21H,6-8H2,1-2H3. The van der Waals surface area contributed by atoms with Gasteiger partial charge in [-0.05, 0) is 42.1 Å². The summed E-state index contributed by atoms with van der Waals surface area (Å²) >= 11 is 6.48. The Labute approximate surface area is 135 Å². The fourth-order valence-corrected chi connectivity index (χ4v) is 4.14. The Bertz CT molecular complexity index is 772. The molecule has 3 nitrogen and oxygen atoms in total. The zero-order valence-electron chi connectivity index (χ0n) is 12.7. The average molecular weight is 316 g/mol. The summed E-state index contributed by atoms with van der Waals surface area (Å²) in [5.41, 5.74) is 5.66. The Hall–Kier alpha value is -1.71. The molecule has 0 saturated heterocycles. The first-order valence-corrected chi connectivity index (χ1v) is 7.90. The molecule has 0 spiro atoms. The first kappa shape index (κ1) is 13.9. The van der Waals surface area contributed by atoms with Crippen LogP contribution in [0, 0.1) is 0 Å². The van der Waals surface area contributed by atoms with E-state index >= 15 is 0 Å². The monoisotopic (exact) mass is 315 g/mol. The Kier molecular flexibility index (Phi) is 3.10. The summed E-state index contributed by atoms with van der Waals surface area (Å²) in [7, 11) is 3.71. The molecule has 1 N–H and O–H groups in total. The number of nitrogens with zero attached hydrogens (tertiary/aromatic N) is 1. The molecule has 4 rings (SSSR count). The first-order chi connectivity index (χ1) is 10.6. The van der Waals surface area contributed by atoms with E-state index in [1.165, 1.54) is 11.1 Å². The Morgan fingerprint density at radius 1 is 1.36 bits per heavy atom. The molecule has 1 aliphatic carbocycles. The van der Waals surface area contributed by atoms with Crippen molar-refractivity contribution in [3.05, 3.63) is 46.0 Å². The summed E-state index contributed by atoms with van der Waals surface area (Å²) in [6, 6.07) is 8.39. The topological polar surface area (TPSA) is 32.7 Å². The number of hydrogen-bond acceptors (Lipinski definition) is 3. The molecule has 1 heterocycles. The van der Waals surface area contributed by atoms with Crippen molar-refractivity contribution in [1.29, 1.82) is 0 Å². The highest BCUT2D eigenvalue weighted by Gasteiger charge is 2.35. The van der Waals surface area contributed by atoms with Crippen LogP contribution in [-0.2, 0) is 12.8 Å². The lowest BCUT2D eigenvalue weighted by Crippen LogP contribution is -2.35. The number of halogens is 1. The zero-order chi connectivity index (χ0) is 15.4. The van der Waals surface area contributed by atoms with E-state index in [1.54, 1.807) is 13.2 Å². The molecule has 0 aromatic heterocycles. The van der Waals surface area contributed by atoms with Crippen LogP contribution in [0.5, 0.6) is 11.5 Å². The average Bonchev–Trinajstić information content (AvgIpc) is 2.53. The van der Waals surface area contributed by atoms with Gasteiger partial charge in [-0.1, -0.05) is 29.8 Å². The van der Waals surface area contributed by atoms with E-state index in [-0.39, 0.29) is 5.75 Å². The molecule has 1 unspecified atom stereocenters. The highest BCUT2D eigenvalue weighted by Crippen LogP contribution is 2.52. The first-order valence-electron chi connectivity index (χ1n) is 7.52. The number of hydrogen-bond donors (Lipinski definition) is 1. The van der Waals surface area contributed by atoms with Gasteiger partial charge in [0, 0.05) is 29.2 Å². The van der Waals surface area contributed by atoms with Crippen LogP contribution in [0.25, 0.3) is 11.1 Å². The van der Waals surface area contributed by atoms with E-state index in [4.69, 9.17) is 16.3 Å². The smallest absolute Gasteiger partial charge is 0.166 e. The molecule has 0 saturated carbocycles. The van der Waals surface area contributed by atoms with Gasteiger partial charge >= 0.3 is 0 Å². The molecular formula is C18H18ClNO2. The van der Waals surface area contributed by atoms with E-state index in [9.17, 15) is 5.11 Å². The van der Waals surface area contributed by atoms with Crippen LogP contribution >= 0.6 is 11.6 Å². The van der Waals surface area contributed by atoms with Crippen molar-refractivity contribution in [2.45, 2.75) is 18.9 Å². The third kappa shape index (κ3) is 1.79. The summed E-state index contributed by atoms with van der Waals surface area (Å²) in [6.45, 7) is 1.05. The number of aromatic hydroxyl groups is 1. The molecular weight excluding hydrogens is 298 g/mol. The van der Waals surface area contributed by atoms with E-state index in [1.807, 2.05) is 0 Å². The lowest BCUT2D eigenvalue weighted by molar-refractivity contribution is 0.228. The van der Waals surface area contributed by atoms with Gasteiger partial charge in [0.15, 0.2) is 11.5 Å². The van der Waals surface area contributed by atoms with Gasteiger partial charge in [0.25, 0.3) is 0 Å². The van der Waals surface area contributed by atoms with Crippen molar-refractivity contribution in [3.63, 3.8) is 0 Å². The molecule has 1 aliphatic heterocycles. The molecule has 0 fully saturated rings. The maximum atomic E-state index is 10.6. The minimum absolute atomic E-state index is 0.196. The number of likely N-dealkylation sites (N-methyl/N-ethyl adjacent to an activating group) is 1. The van der Waals surface area contributed by atoms with Gasteiger partial charge in [0.1, 0.15) is 0 Å². The second kappa shape index (κ2) is 4.90. The number of phenols is 1. The van der Waals surface area contributed by atoms with Crippen LogP contribution in [0.15, 0.2) is 24.3 Å². The summed E-state index contributed by atoms with van der Waals surface area (Å²) in [5.74, 6) is 0.631. The van der Waals surface area contributed by atoms with Crippen molar-refractivity contribution < 1.29 is 9.84 Å². The van der Waals surface area contributed by atoms with Crippen molar-refractivity contribution >= 4 is 11.6 Å². The van der Waals surface area contributed by atoms with Gasteiger partial charge in [-0.2, -0.15) is 0 Å². The van der Waals surface area contributed by atoms with Gasteiger partial charge in [0.2, 0.25) is 0 Å². The summed E-state index contributed by atoms with van der Waals surface area (Å²) in [5, 5.41) is 11.3. The molecule has 1 atom stereocenters. The van der Waals surface area contributed by atoms with Crippen molar-refractivity contribution in [3.8, 4) is 22.6 Å². The van der Waals surface area contributed by atoms with Gasteiger partial charge < -0.3 is 9.84 Å². The number of methoxy groups -OCH3 is 1. The van der Waals surface area contributed by atoms with Crippen LogP contribution in [0.1, 0.15) is 22.7 Å². The van der Waals surface area contributed by atoms with Crippen molar-refractivity contribution in [2.24, 2.45) is 0 Å². The van der Waals surface area contributed by atoms with E-state index in [2.05, 4.69) is 30.1 Å².